The number of carbonyl (C=O) groups excluding carboxylic acids is 12. The predicted octanol–water partition coefficient (Wildman–Crippen LogP) is -5.40. The Hall–Kier alpha value is -9.01. The van der Waals surface area contributed by atoms with Gasteiger partial charge < -0.3 is 117 Å². The van der Waals surface area contributed by atoms with E-state index in [1.54, 1.807) is 65.0 Å². The number of amides is 12. The fraction of sp³-hybridized carbons (Fsp3) is 0.687. The molecular weight excluding hydrogens is 1370 g/mol. The lowest BCUT2D eigenvalue weighted by Gasteiger charge is -2.31. The van der Waals surface area contributed by atoms with E-state index in [-0.39, 0.29) is 64.0 Å². The fourth-order valence-corrected chi connectivity index (χ4v) is 10.4. The van der Waals surface area contributed by atoms with Crippen molar-refractivity contribution in [2.45, 2.75) is 250 Å². The maximum atomic E-state index is 14.4. The van der Waals surface area contributed by atoms with Crippen LogP contribution in [-0.2, 0) is 78.3 Å². The van der Waals surface area contributed by atoms with Crippen molar-refractivity contribution >= 4 is 88.8 Å². The molecule has 0 saturated carbocycles. The van der Waals surface area contributed by atoms with E-state index in [9.17, 15) is 108 Å². The Balaban J connectivity index is 3.49. The van der Waals surface area contributed by atoms with E-state index in [4.69, 9.17) is 17.2 Å². The van der Waals surface area contributed by atoms with Crippen LogP contribution in [0.3, 0.4) is 0 Å². The summed E-state index contributed by atoms with van der Waals surface area (Å²) in [6, 6.07) is -13.0. The molecule has 0 aliphatic carbocycles. The Morgan fingerprint density at radius 1 is 0.385 bits per heavy atom. The van der Waals surface area contributed by atoms with Crippen LogP contribution in [0.2, 0.25) is 0 Å². The fourth-order valence-electron chi connectivity index (χ4n) is 10.4. The molecule has 18 atom stereocenters. The quantitative estimate of drug-likeness (QED) is 0.0271. The number of aliphatic carboxylic acids is 3. The van der Waals surface area contributed by atoms with Crippen LogP contribution in [0, 0.1) is 23.7 Å². The van der Waals surface area contributed by atoms with Crippen molar-refractivity contribution in [2.24, 2.45) is 40.9 Å². The van der Waals surface area contributed by atoms with E-state index in [2.05, 4.69) is 63.8 Å². The van der Waals surface area contributed by atoms with Gasteiger partial charge in [-0.15, -0.1) is 0 Å². The lowest BCUT2D eigenvalue weighted by atomic mass is 9.95. The number of aliphatic hydroxyl groups excluding tert-OH is 4. The monoisotopic (exact) mass is 1480 g/mol. The molecule has 0 fully saturated rings. The summed E-state index contributed by atoms with van der Waals surface area (Å²) in [7, 11) is 0. The Bertz CT molecular complexity index is 3020. The summed E-state index contributed by atoms with van der Waals surface area (Å²) >= 11 is 0. The van der Waals surface area contributed by atoms with Crippen LogP contribution in [0.25, 0.3) is 0 Å². The first-order chi connectivity index (χ1) is 48.7. The number of hydrogen-bond acceptors (Lipinski definition) is 22. The van der Waals surface area contributed by atoms with E-state index in [0.717, 1.165) is 20.8 Å². The molecule has 0 aliphatic rings. The minimum absolute atomic E-state index is 0.0353. The van der Waals surface area contributed by atoms with Gasteiger partial charge in [0.15, 0.2) is 0 Å². The summed E-state index contributed by atoms with van der Waals surface area (Å²) in [4.78, 5) is 203. The summed E-state index contributed by atoms with van der Waals surface area (Å²) in [6.45, 7) is 15.3. The van der Waals surface area contributed by atoms with Crippen LogP contribution in [0.4, 0.5) is 0 Å². The molecule has 0 heterocycles. The molecule has 104 heavy (non-hydrogen) atoms. The van der Waals surface area contributed by atoms with Gasteiger partial charge in [0.2, 0.25) is 70.9 Å². The first-order valence-corrected chi connectivity index (χ1v) is 34.9. The highest BCUT2D eigenvalue weighted by Crippen LogP contribution is 2.16. The molecule has 0 aromatic heterocycles. The van der Waals surface area contributed by atoms with Crippen molar-refractivity contribution in [3.63, 3.8) is 0 Å². The second-order valence-corrected chi connectivity index (χ2v) is 26.7. The van der Waals surface area contributed by atoms with Crippen molar-refractivity contribution in [3.8, 4) is 0 Å². The van der Waals surface area contributed by atoms with Gasteiger partial charge in [0, 0.05) is 0 Å². The number of rotatable bonds is 50. The largest absolute Gasteiger partial charge is 0.481 e. The molecule has 0 bridgehead atoms. The molecule has 0 aliphatic heterocycles. The lowest BCUT2D eigenvalue weighted by molar-refractivity contribution is -0.143. The third-order valence-corrected chi connectivity index (χ3v) is 17.0. The van der Waals surface area contributed by atoms with E-state index in [1.165, 1.54) is 20.8 Å². The molecule has 588 valence electrons. The number of benzene rings is 1. The smallest absolute Gasteiger partial charge is 0.326 e. The summed E-state index contributed by atoms with van der Waals surface area (Å²) < 4.78 is 0. The maximum Gasteiger partial charge on any atom is 0.326 e. The highest BCUT2D eigenvalue weighted by atomic mass is 16.4. The van der Waals surface area contributed by atoms with Crippen molar-refractivity contribution in [2.75, 3.05) is 19.7 Å². The molecule has 12 amide bonds. The van der Waals surface area contributed by atoms with Gasteiger partial charge in [-0.2, -0.15) is 0 Å². The molecule has 37 nitrogen and oxygen atoms in total. The van der Waals surface area contributed by atoms with Gasteiger partial charge in [0.25, 0.3) is 0 Å². The summed E-state index contributed by atoms with van der Waals surface area (Å²) in [5, 5.41) is 100. The Labute approximate surface area is 604 Å². The number of carboxylic acids is 3. The predicted molar refractivity (Wildman–Crippen MR) is 375 cm³/mol. The molecule has 0 radical (unpaired) electrons. The van der Waals surface area contributed by atoms with Crippen LogP contribution in [-0.4, -0.2) is 241 Å². The highest BCUT2D eigenvalue weighted by molar-refractivity contribution is 6.01. The molecule has 37 heteroatoms. The van der Waals surface area contributed by atoms with E-state index >= 15 is 0 Å². The number of carboxylic acid groups (broad SMARTS) is 3. The SMILES string of the molecule is CC[C@H](C)[C@H](NC(=O)[C@H](CC(=O)O)NC(=O)[C@@H](NC(=O)[C@@H](N)Cc1ccccc1)[C@@H](C)O)C(=O)N[C@@H](CO)C(=O)N[C@@H](CCCCN)C(=O)N[C@H](C(=O)N[C@H](C(=O)N[C@H](C(=O)N[C@@H](CC(=O)O)C(=O)N[C@@H](CC(C)C)C(=O)N[C@H](C(=O)N[C@@H](CCCCN)C(=O)O)[C@@H](C)O)[C@@H](C)O)C(C)C)[C@@H](C)CC. The van der Waals surface area contributed by atoms with Gasteiger partial charge in [-0.3, -0.25) is 67.1 Å². The first kappa shape index (κ1) is 93.0. The third kappa shape index (κ3) is 32.8. The van der Waals surface area contributed by atoms with Crippen LogP contribution >= 0.6 is 0 Å². The third-order valence-electron chi connectivity index (χ3n) is 17.0. The lowest BCUT2D eigenvalue weighted by Crippen LogP contribution is -2.63. The van der Waals surface area contributed by atoms with Crippen molar-refractivity contribution in [1.82, 2.24) is 63.8 Å². The van der Waals surface area contributed by atoms with Gasteiger partial charge in [0.05, 0.1) is 43.8 Å². The number of unbranched alkanes of at least 4 members (excludes halogenated alkanes) is 2. The van der Waals surface area contributed by atoms with Crippen molar-refractivity contribution < 1.29 is 108 Å². The number of carbonyl (C=O) groups is 15. The second kappa shape index (κ2) is 47.4. The Kier molecular flexibility index (Phi) is 42.4. The number of hydrogen-bond donors (Lipinski definition) is 22. The van der Waals surface area contributed by atoms with Crippen LogP contribution in [0.1, 0.15) is 152 Å². The summed E-state index contributed by atoms with van der Waals surface area (Å²) in [6.07, 6.45) is -5.85. The topological polar surface area (TPSA) is 620 Å². The van der Waals surface area contributed by atoms with E-state index < -0.39 is 223 Å². The minimum atomic E-state index is -2.02. The molecule has 0 spiro atoms. The Morgan fingerprint density at radius 2 is 0.702 bits per heavy atom. The van der Waals surface area contributed by atoms with Crippen LogP contribution in [0.15, 0.2) is 30.3 Å². The van der Waals surface area contributed by atoms with Crippen molar-refractivity contribution in [1.29, 1.82) is 0 Å². The zero-order valence-corrected chi connectivity index (χ0v) is 61.0. The van der Waals surface area contributed by atoms with Crippen molar-refractivity contribution in [3.05, 3.63) is 35.9 Å². The molecule has 25 N–H and O–H groups in total. The number of nitrogens with two attached hydrogens (primary N) is 3. The molecular formula is C67H113N15O22. The van der Waals surface area contributed by atoms with Gasteiger partial charge >= 0.3 is 17.9 Å². The molecule has 0 unspecified atom stereocenters. The first-order valence-electron chi connectivity index (χ1n) is 34.9. The minimum Gasteiger partial charge on any atom is -0.481 e. The summed E-state index contributed by atoms with van der Waals surface area (Å²) in [5.74, 6) is -20.7. The molecule has 1 aromatic rings. The molecule has 0 saturated heterocycles. The Morgan fingerprint density at radius 3 is 1.10 bits per heavy atom. The average Bonchev–Trinajstić information content (AvgIpc) is 0.849. The van der Waals surface area contributed by atoms with Gasteiger partial charge in [0.1, 0.15) is 72.5 Å². The maximum absolute atomic E-state index is 14.4. The number of aliphatic hydroxyl groups is 4. The van der Waals surface area contributed by atoms with Gasteiger partial charge in [-0.1, -0.05) is 98.6 Å². The normalized spacial score (nSPS) is 16.5. The zero-order chi connectivity index (χ0) is 79.4. The summed E-state index contributed by atoms with van der Waals surface area (Å²) in [5.41, 5.74) is 18.0. The van der Waals surface area contributed by atoms with Gasteiger partial charge in [-0.05, 0) is 114 Å². The van der Waals surface area contributed by atoms with Gasteiger partial charge in [-0.25, -0.2) is 4.79 Å². The highest BCUT2D eigenvalue weighted by Gasteiger charge is 2.41. The van der Waals surface area contributed by atoms with Crippen LogP contribution < -0.4 is 81.0 Å². The van der Waals surface area contributed by atoms with E-state index in [0.29, 0.717) is 24.8 Å². The van der Waals surface area contributed by atoms with Crippen LogP contribution in [0.5, 0.6) is 0 Å². The second-order valence-electron chi connectivity index (χ2n) is 26.7. The molecule has 1 aromatic carbocycles. The average molecular weight is 1480 g/mol. The number of nitrogens with one attached hydrogen (secondary N) is 12. The molecule has 1 rings (SSSR count). The standard InChI is InChI=1S/C67H113N15O22/c1-12-34(7)50(79-59(95)45(30-48(89)90)75-65(101)52(36(9)84)80-55(91)40(70)28-39-21-15-14-16-22-39)62(98)76-46(31-83)60(96)71-41(23-17-19-25-68)56(92)78-51(35(8)13-2)63(99)77-49(33(5)6)61(97)82-54(38(11)86)66(102)74-44(29-47(87)88)57(93)73-43(27-32(3)4)58(94)81-53(37(10)85)64(100)72-42(67(103)104)24-18-20-26-69/h14-16,21-22,32-38,40-46,49-54,83-86H,12-13,17-20,23-31,68-70H2,1-11H3,(H,71,96)(H,72,100)(H,73,93)(H,74,102)(H,75,101)(H,76,98)(H,77,99)(H,78,92)(H,79,95)(H,80,91)(H,81,94)(H,82,97)(H,87,88)(H,89,90)(H,103,104)/t34-,35-,36+,37+,38+,40-,41-,42-,43-,44-,45-,46-,49-,50-,51-,52-,53-,54-/m0/s1. The zero-order valence-electron chi connectivity index (χ0n) is 61.0. The van der Waals surface area contributed by atoms with E-state index in [1.807, 2.05) is 0 Å².